The van der Waals surface area contributed by atoms with E-state index in [0.717, 1.165) is 116 Å². The minimum absolute atomic E-state index is 0.0650. The lowest BCUT2D eigenvalue weighted by Gasteiger charge is -2.41. The number of rotatable bonds is 8. The Morgan fingerprint density at radius 2 is 0.731 bits per heavy atom. The Morgan fingerprint density at radius 3 is 1.23 bits per heavy atom. The molecule has 8 saturated carbocycles. The Labute approximate surface area is 645 Å². The summed E-state index contributed by atoms with van der Waals surface area (Å²) in [6.07, 6.45) is 43.6. The van der Waals surface area contributed by atoms with Gasteiger partial charge < -0.3 is 40.9 Å². The molecule has 0 bridgehead atoms. The molecule has 8 aliphatic rings. The first kappa shape index (κ1) is 99.6. The number of allylic oxidation sites excluding steroid dienone is 13. The van der Waals surface area contributed by atoms with Gasteiger partial charge in [-0.05, 0) is 325 Å². The molecular formula is C96H176O8. The van der Waals surface area contributed by atoms with E-state index in [1.165, 1.54) is 83.1 Å². The first-order valence-corrected chi connectivity index (χ1v) is 42.0. The van der Waals surface area contributed by atoms with Crippen molar-refractivity contribution >= 4 is 0 Å². The third kappa shape index (κ3) is 39.5. The summed E-state index contributed by atoms with van der Waals surface area (Å²) in [6.45, 7) is 69.6. The van der Waals surface area contributed by atoms with Gasteiger partial charge in [-0.1, -0.05) is 217 Å². The molecule has 8 nitrogen and oxygen atoms in total. The molecule has 0 saturated heterocycles. The van der Waals surface area contributed by atoms with Crippen LogP contribution in [-0.4, -0.2) is 89.7 Å². The Bertz CT molecular complexity index is 2660. The van der Waals surface area contributed by atoms with Gasteiger partial charge in [-0.3, -0.25) is 0 Å². The molecule has 0 heterocycles. The van der Waals surface area contributed by atoms with E-state index in [4.69, 9.17) is 0 Å². The lowest BCUT2D eigenvalue weighted by atomic mass is 9.66. The fourth-order valence-corrected chi connectivity index (χ4v) is 18.0. The Balaban J connectivity index is 0.000000594. The summed E-state index contributed by atoms with van der Waals surface area (Å²) < 4.78 is 0. The van der Waals surface area contributed by atoms with Crippen molar-refractivity contribution in [2.75, 3.05) is 0 Å². The molecule has 0 amide bonds. The lowest BCUT2D eigenvalue weighted by molar-refractivity contribution is -0.0157. The number of aliphatic hydroxyl groups excluding tert-OH is 8. The zero-order valence-electron chi connectivity index (χ0n) is 74.4. The topological polar surface area (TPSA) is 162 Å². The van der Waals surface area contributed by atoms with Gasteiger partial charge in [0.1, 0.15) is 0 Å². The molecule has 0 spiro atoms. The van der Waals surface area contributed by atoms with Gasteiger partial charge in [-0.2, -0.15) is 0 Å². The average Bonchev–Trinajstić information content (AvgIpc) is 0.800. The average molecular weight is 1460 g/mol. The van der Waals surface area contributed by atoms with E-state index in [0.29, 0.717) is 69.0 Å². The van der Waals surface area contributed by atoms with Crippen molar-refractivity contribution in [2.45, 2.75) is 424 Å². The minimum atomic E-state index is -0.156. The molecule has 8 aliphatic carbocycles. The molecule has 0 aromatic carbocycles. The van der Waals surface area contributed by atoms with Crippen LogP contribution in [0.2, 0.25) is 0 Å². The fraction of sp³-hybridized carbons (Fsp3) is 0.833. The highest BCUT2D eigenvalue weighted by Crippen LogP contribution is 2.47. The van der Waals surface area contributed by atoms with Gasteiger partial charge in [-0.15, -0.1) is 0 Å². The number of hydrogen-bond acceptors (Lipinski definition) is 8. The highest BCUT2D eigenvalue weighted by molar-refractivity contribution is 5.10. The molecule has 0 aliphatic heterocycles. The normalized spacial score (nSPS) is 32.7. The predicted molar refractivity (Wildman–Crippen MR) is 452 cm³/mol. The van der Waals surface area contributed by atoms with Crippen LogP contribution in [0.15, 0.2) is 93.2 Å². The van der Waals surface area contributed by atoms with E-state index in [2.05, 4.69) is 270 Å². The van der Waals surface area contributed by atoms with Gasteiger partial charge >= 0.3 is 0 Å². The maximum Gasteiger partial charge on any atom is 0.0653 e. The van der Waals surface area contributed by atoms with Gasteiger partial charge in [0.2, 0.25) is 0 Å². The van der Waals surface area contributed by atoms with E-state index in [9.17, 15) is 40.9 Å². The molecular weight excluding hydrogens is 1280 g/mol. The first-order valence-electron chi connectivity index (χ1n) is 42.0. The molecule has 8 fully saturated rings. The lowest BCUT2D eigenvalue weighted by Crippen LogP contribution is -2.39. The Morgan fingerprint density at radius 1 is 0.260 bits per heavy atom. The molecule has 16 unspecified atom stereocenters. The van der Waals surface area contributed by atoms with Crippen LogP contribution in [0.5, 0.6) is 0 Å². The van der Waals surface area contributed by atoms with Crippen molar-refractivity contribution in [3.8, 4) is 0 Å². The second kappa shape index (κ2) is 44.6. The molecule has 8 heteroatoms. The zero-order chi connectivity index (χ0) is 80.5. The maximum absolute atomic E-state index is 10.1. The van der Waals surface area contributed by atoms with Crippen LogP contribution in [0, 0.1) is 90.7 Å². The summed E-state index contributed by atoms with van der Waals surface area (Å²) in [5.41, 5.74) is 12.7. The van der Waals surface area contributed by atoms with Crippen LogP contribution in [0.3, 0.4) is 0 Å². The first-order chi connectivity index (χ1) is 47.3. The standard InChI is InChI=1S/8C12H22O/c1-9(2)5-10-6-11(13)8-12(3,4)7-10;1-9(2)7-10-8-12(3,4)6-5-11(10)13;1-9(2)7-10-8-11(13)5-6-12(10,3)4;1-9(2)7-10-5-6-12(3,4)8-11(10)13;1-9(2)7-10-5-6-12(3,4)11(13)8-10;1-9(2)7-10-5-6-11(13)12(3,4)8-10;1-9(2)8-10-6-5-7-12(3,4)11(10)13;1-9(2)8-10-6-5-7-11(13)12(10,3)4/h5,10-11,13H,6-8H2,1-4H3;5*7,10-11,13H,5-6,8H2,1-4H3;2*8,10-11,13H,5-7H2,1-4H3. The third-order valence-electron chi connectivity index (χ3n) is 24.5. The summed E-state index contributed by atoms with van der Waals surface area (Å²) in [5.74, 6) is 4.16. The summed E-state index contributed by atoms with van der Waals surface area (Å²) >= 11 is 0. The van der Waals surface area contributed by atoms with Crippen molar-refractivity contribution in [3.63, 3.8) is 0 Å². The Hall–Kier alpha value is -2.40. The molecule has 8 rings (SSSR count). The van der Waals surface area contributed by atoms with Gasteiger partial charge in [-0.25, -0.2) is 0 Å². The van der Waals surface area contributed by atoms with E-state index in [-0.39, 0.29) is 70.5 Å². The van der Waals surface area contributed by atoms with E-state index in [1.54, 1.807) is 0 Å². The van der Waals surface area contributed by atoms with Crippen LogP contribution in [-0.2, 0) is 0 Å². The molecule has 0 aromatic heterocycles. The summed E-state index contributed by atoms with van der Waals surface area (Å²) in [7, 11) is 0. The second-order valence-electron chi connectivity index (χ2n) is 42.4. The van der Waals surface area contributed by atoms with Crippen LogP contribution in [0.25, 0.3) is 0 Å². The van der Waals surface area contributed by atoms with Gasteiger partial charge in [0.15, 0.2) is 0 Å². The van der Waals surface area contributed by atoms with Crippen molar-refractivity contribution in [1.29, 1.82) is 0 Å². The molecule has 0 radical (unpaired) electrons. The quantitative estimate of drug-likeness (QED) is 0.111. The molecule has 608 valence electrons. The van der Waals surface area contributed by atoms with Gasteiger partial charge in [0.05, 0.1) is 48.8 Å². The van der Waals surface area contributed by atoms with Crippen LogP contribution in [0.1, 0.15) is 376 Å². The van der Waals surface area contributed by atoms with Gasteiger partial charge in [0, 0.05) is 17.8 Å². The molecule has 0 aromatic rings. The fourth-order valence-electron chi connectivity index (χ4n) is 18.0. The largest absolute Gasteiger partial charge is 0.393 e. The van der Waals surface area contributed by atoms with Crippen LogP contribution >= 0.6 is 0 Å². The smallest absolute Gasteiger partial charge is 0.0653 e. The summed E-state index contributed by atoms with van der Waals surface area (Å²) in [6, 6.07) is 0. The van der Waals surface area contributed by atoms with E-state index in [1.807, 2.05) is 0 Å². The maximum atomic E-state index is 10.1. The third-order valence-corrected chi connectivity index (χ3v) is 24.5. The predicted octanol–water partition coefficient (Wildman–Crippen LogP) is 25.1. The van der Waals surface area contributed by atoms with Crippen molar-refractivity contribution in [3.05, 3.63) is 93.2 Å². The number of hydrogen-bond donors (Lipinski definition) is 8. The van der Waals surface area contributed by atoms with Crippen LogP contribution in [0.4, 0.5) is 0 Å². The van der Waals surface area contributed by atoms with Gasteiger partial charge in [0.25, 0.3) is 0 Å². The Kier molecular flexibility index (Phi) is 42.7. The second-order valence-corrected chi connectivity index (χ2v) is 42.4. The van der Waals surface area contributed by atoms with Crippen molar-refractivity contribution < 1.29 is 40.9 Å². The summed E-state index contributed by atoms with van der Waals surface area (Å²) in [5, 5.41) is 78.7. The van der Waals surface area contributed by atoms with E-state index >= 15 is 0 Å². The number of aliphatic hydroxyl groups is 8. The minimum Gasteiger partial charge on any atom is -0.393 e. The zero-order valence-corrected chi connectivity index (χ0v) is 74.4. The molecule has 8 N–H and O–H groups in total. The van der Waals surface area contributed by atoms with Crippen molar-refractivity contribution in [1.82, 2.24) is 0 Å². The van der Waals surface area contributed by atoms with Crippen molar-refractivity contribution in [2.24, 2.45) is 90.7 Å². The SMILES string of the molecule is CC(C)=CC1CC(C)(C)CCC1O.CC(C)=CC1CC(O)CC(C)(C)C1.CC(C)=CC1CC(O)CCC1(C)C.CC(C)=CC1CCC(C)(C)C(O)C1.CC(C)=CC1CCC(C)(C)CC1O.CC(C)=CC1CCC(O)C(C)(C)C1.CC(C)=CC1CCCC(C)(C)C1O.CC(C)=CC1CCCC(O)C1(C)C. The summed E-state index contributed by atoms with van der Waals surface area (Å²) in [4.78, 5) is 0. The highest BCUT2D eigenvalue weighted by atomic mass is 16.3. The monoisotopic (exact) mass is 1460 g/mol. The van der Waals surface area contributed by atoms with Crippen LogP contribution < -0.4 is 0 Å². The highest BCUT2D eigenvalue weighted by Gasteiger charge is 2.41. The molecule has 16 atom stereocenters. The van der Waals surface area contributed by atoms with E-state index < -0.39 is 0 Å². The molecule has 104 heavy (non-hydrogen) atoms.